The van der Waals surface area contributed by atoms with Crippen LogP contribution in [-0.2, 0) is 14.8 Å². The fourth-order valence-corrected chi connectivity index (χ4v) is 4.89. The van der Waals surface area contributed by atoms with Crippen LogP contribution in [0.2, 0.25) is 0 Å². The van der Waals surface area contributed by atoms with Crippen LogP contribution in [-0.4, -0.2) is 48.7 Å². The molecule has 0 saturated heterocycles. The molecule has 1 aromatic heterocycles. The Bertz CT molecular complexity index is 1290. The highest BCUT2D eigenvalue weighted by Crippen LogP contribution is 2.29. The number of carbonyl (C=O) groups excluding carboxylic acids is 2. The number of pyridine rings is 1. The van der Waals surface area contributed by atoms with Crippen LogP contribution in [0.15, 0.2) is 58.5 Å². The Hall–Kier alpha value is -2.75. The zero-order chi connectivity index (χ0) is 23.6. The summed E-state index contributed by atoms with van der Waals surface area (Å²) in [4.78, 5) is 28.8. The summed E-state index contributed by atoms with van der Waals surface area (Å²) in [5.41, 5.74) is 2.74. The number of aryl methyl sites for hydroxylation is 1. The summed E-state index contributed by atoms with van der Waals surface area (Å²) in [5, 5.41) is 3.85. The topological polar surface area (TPSA) is 96.4 Å². The minimum Gasteiger partial charge on any atom is -0.325 e. The molecule has 1 heterocycles. The summed E-state index contributed by atoms with van der Waals surface area (Å²) in [7, 11) is -0.545. The normalized spacial score (nSPS) is 12.7. The second kappa shape index (κ2) is 9.40. The third kappa shape index (κ3) is 5.17. The Kier molecular flexibility index (Phi) is 7.02. The fourth-order valence-electron chi connectivity index (χ4n) is 3.04. The van der Waals surface area contributed by atoms with E-state index in [1.54, 1.807) is 49.4 Å². The number of anilines is 1. The van der Waals surface area contributed by atoms with Crippen molar-refractivity contribution in [3.05, 3.63) is 59.7 Å². The second-order valence-electron chi connectivity index (χ2n) is 7.63. The number of Topliss-reactive ketones (excluding diaryl/α,β-unsaturated/α-hetero) is 1. The third-order valence-electron chi connectivity index (χ3n) is 4.97. The van der Waals surface area contributed by atoms with E-state index in [0.29, 0.717) is 21.8 Å². The third-order valence-corrected chi connectivity index (χ3v) is 7.80. The Morgan fingerprint density at radius 1 is 1.06 bits per heavy atom. The molecule has 0 unspecified atom stereocenters. The zero-order valence-electron chi connectivity index (χ0n) is 18.5. The Labute approximate surface area is 192 Å². The van der Waals surface area contributed by atoms with Gasteiger partial charge in [0.25, 0.3) is 0 Å². The Balaban J connectivity index is 1.77. The Morgan fingerprint density at radius 3 is 2.31 bits per heavy atom. The van der Waals surface area contributed by atoms with E-state index in [0.717, 1.165) is 10.9 Å². The van der Waals surface area contributed by atoms with Gasteiger partial charge in [-0.3, -0.25) is 9.59 Å². The van der Waals surface area contributed by atoms with Crippen LogP contribution in [0.1, 0.15) is 29.8 Å². The number of nitrogens with one attached hydrogen (secondary N) is 1. The van der Waals surface area contributed by atoms with Crippen molar-refractivity contribution in [1.82, 2.24) is 9.29 Å². The molecule has 7 nitrogen and oxygen atoms in total. The first kappa shape index (κ1) is 23.9. The van der Waals surface area contributed by atoms with Gasteiger partial charge in [0.05, 0.1) is 20.7 Å². The van der Waals surface area contributed by atoms with Crippen LogP contribution in [0.25, 0.3) is 10.9 Å². The predicted octanol–water partition coefficient (Wildman–Crippen LogP) is 4.12. The van der Waals surface area contributed by atoms with E-state index in [9.17, 15) is 18.0 Å². The van der Waals surface area contributed by atoms with Crippen LogP contribution >= 0.6 is 11.8 Å². The summed E-state index contributed by atoms with van der Waals surface area (Å²) in [6, 6.07) is 13.5. The molecule has 0 fully saturated rings. The summed E-state index contributed by atoms with van der Waals surface area (Å²) < 4.78 is 26.0. The molecule has 0 aliphatic carbocycles. The van der Waals surface area contributed by atoms with Crippen LogP contribution in [0.3, 0.4) is 0 Å². The summed E-state index contributed by atoms with van der Waals surface area (Å²) in [5.74, 6) is -0.214. The molecule has 0 aliphatic rings. The van der Waals surface area contributed by atoms with Crippen molar-refractivity contribution in [2.24, 2.45) is 0 Å². The molecule has 1 amide bonds. The van der Waals surface area contributed by atoms with Gasteiger partial charge in [0.1, 0.15) is 0 Å². The van der Waals surface area contributed by atoms with E-state index < -0.39 is 15.3 Å². The summed E-state index contributed by atoms with van der Waals surface area (Å²) in [6.45, 7) is 5.17. The second-order valence-corrected chi connectivity index (χ2v) is 11.1. The van der Waals surface area contributed by atoms with Gasteiger partial charge in [-0.1, -0.05) is 11.8 Å². The number of fused-ring (bicyclic) bond motifs is 1. The van der Waals surface area contributed by atoms with Crippen molar-refractivity contribution >= 4 is 50.1 Å². The molecule has 0 aliphatic heterocycles. The molecular formula is C23H25N3O4S2. The lowest BCUT2D eigenvalue weighted by molar-refractivity contribution is -0.115. The number of benzene rings is 2. The van der Waals surface area contributed by atoms with E-state index in [4.69, 9.17) is 0 Å². The SMILES string of the molecule is CC(=O)c1ccc(NC(=O)[C@@H](C)Sc2cc(C)c3cc(S(=O)(=O)N(C)C)ccc3n2)cc1. The number of aromatic nitrogens is 1. The molecule has 168 valence electrons. The molecule has 1 N–H and O–H groups in total. The minimum atomic E-state index is -3.53. The van der Waals surface area contributed by atoms with Gasteiger partial charge in [0, 0.05) is 30.7 Å². The first-order valence-electron chi connectivity index (χ1n) is 9.91. The van der Waals surface area contributed by atoms with E-state index in [1.807, 2.05) is 13.0 Å². The molecule has 0 spiro atoms. The summed E-state index contributed by atoms with van der Waals surface area (Å²) >= 11 is 1.32. The first-order valence-corrected chi connectivity index (χ1v) is 12.2. The van der Waals surface area contributed by atoms with E-state index in [2.05, 4.69) is 10.3 Å². The van der Waals surface area contributed by atoms with E-state index >= 15 is 0 Å². The van der Waals surface area contributed by atoms with Gasteiger partial charge in [-0.2, -0.15) is 0 Å². The molecule has 3 aromatic rings. The van der Waals surface area contributed by atoms with Crippen molar-refractivity contribution in [2.45, 2.75) is 35.9 Å². The number of thioether (sulfide) groups is 1. The minimum absolute atomic E-state index is 0.0315. The highest BCUT2D eigenvalue weighted by molar-refractivity contribution is 8.00. The molecule has 0 bridgehead atoms. The monoisotopic (exact) mass is 471 g/mol. The molecule has 9 heteroatoms. The Morgan fingerprint density at radius 2 is 1.72 bits per heavy atom. The van der Waals surface area contributed by atoms with E-state index in [-0.39, 0.29) is 16.6 Å². The molecule has 3 rings (SSSR count). The predicted molar refractivity (Wildman–Crippen MR) is 128 cm³/mol. The lowest BCUT2D eigenvalue weighted by atomic mass is 10.1. The molecule has 1 atom stereocenters. The van der Waals surface area contributed by atoms with Gasteiger partial charge >= 0.3 is 0 Å². The zero-order valence-corrected chi connectivity index (χ0v) is 20.2. The quantitative estimate of drug-likeness (QED) is 0.411. The van der Waals surface area contributed by atoms with Crippen LogP contribution < -0.4 is 5.32 Å². The largest absolute Gasteiger partial charge is 0.325 e. The molecule has 32 heavy (non-hydrogen) atoms. The number of amides is 1. The van der Waals surface area contributed by atoms with E-state index in [1.165, 1.54) is 37.1 Å². The van der Waals surface area contributed by atoms with Crippen molar-refractivity contribution in [2.75, 3.05) is 19.4 Å². The highest BCUT2D eigenvalue weighted by Gasteiger charge is 2.20. The van der Waals surface area contributed by atoms with Crippen molar-refractivity contribution in [1.29, 1.82) is 0 Å². The molecule has 0 radical (unpaired) electrons. The number of hydrogen-bond acceptors (Lipinski definition) is 6. The standard InChI is InChI=1S/C23H25N3O4S2/c1-14-12-22(25-21-11-10-19(13-20(14)21)32(29,30)26(4)5)31-16(3)23(28)24-18-8-6-17(7-9-18)15(2)27/h6-13,16H,1-5H3,(H,24,28)/t16-/m1/s1. The number of hydrogen-bond donors (Lipinski definition) is 1. The molecule has 2 aromatic carbocycles. The number of rotatable bonds is 7. The maximum Gasteiger partial charge on any atom is 0.242 e. The lowest BCUT2D eigenvalue weighted by Crippen LogP contribution is -2.22. The van der Waals surface area contributed by atoms with Crippen molar-refractivity contribution in [3.63, 3.8) is 0 Å². The molecule has 0 saturated carbocycles. The molecular weight excluding hydrogens is 446 g/mol. The number of sulfonamides is 1. The van der Waals surface area contributed by atoms with Gasteiger partial charge in [-0.05, 0) is 74.9 Å². The van der Waals surface area contributed by atoms with Gasteiger partial charge in [0.2, 0.25) is 15.9 Å². The number of ketones is 1. The average Bonchev–Trinajstić information content (AvgIpc) is 2.73. The van der Waals surface area contributed by atoms with Gasteiger partial charge in [0.15, 0.2) is 5.78 Å². The van der Waals surface area contributed by atoms with Crippen molar-refractivity contribution < 1.29 is 18.0 Å². The van der Waals surface area contributed by atoms with Gasteiger partial charge < -0.3 is 5.32 Å². The lowest BCUT2D eigenvalue weighted by Gasteiger charge is -2.14. The van der Waals surface area contributed by atoms with Crippen LogP contribution in [0.4, 0.5) is 5.69 Å². The summed E-state index contributed by atoms with van der Waals surface area (Å²) in [6.07, 6.45) is 0. The maximum atomic E-state index is 12.6. The maximum absolute atomic E-state index is 12.6. The smallest absolute Gasteiger partial charge is 0.242 e. The highest BCUT2D eigenvalue weighted by atomic mass is 32.2. The van der Waals surface area contributed by atoms with Crippen LogP contribution in [0, 0.1) is 6.92 Å². The number of nitrogens with zero attached hydrogens (tertiary/aromatic N) is 2. The van der Waals surface area contributed by atoms with Gasteiger partial charge in [-0.15, -0.1) is 0 Å². The fraction of sp³-hybridized carbons (Fsp3) is 0.261. The van der Waals surface area contributed by atoms with Crippen molar-refractivity contribution in [3.8, 4) is 0 Å². The van der Waals surface area contributed by atoms with Crippen LogP contribution in [0.5, 0.6) is 0 Å². The van der Waals surface area contributed by atoms with Gasteiger partial charge in [-0.25, -0.2) is 17.7 Å². The first-order chi connectivity index (χ1) is 15.0. The average molecular weight is 472 g/mol. The number of carbonyl (C=O) groups is 2.